The van der Waals surface area contributed by atoms with E-state index < -0.39 is 0 Å². The highest BCUT2D eigenvalue weighted by atomic mass is 16.5. The lowest BCUT2D eigenvalue weighted by atomic mass is 10.1. The highest BCUT2D eigenvalue weighted by molar-refractivity contribution is 6.05. The van der Waals surface area contributed by atoms with Gasteiger partial charge in [-0.05, 0) is 63.4 Å². The first-order valence-electron chi connectivity index (χ1n) is 11.3. The highest BCUT2D eigenvalue weighted by Crippen LogP contribution is 2.39. The first kappa shape index (κ1) is 23.4. The van der Waals surface area contributed by atoms with Crippen LogP contribution < -0.4 is 19.5 Å². The lowest BCUT2D eigenvalue weighted by molar-refractivity contribution is -0.133. The number of carbonyl (C=O) groups is 2. The number of carbonyl (C=O) groups excluding carboxylic acids is 2. The Balaban J connectivity index is 1.79. The second-order valence-electron chi connectivity index (χ2n) is 7.53. The van der Waals surface area contributed by atoms with Crippen LogP contribution >= 0.6 is 0 Å². The molecule has 0 aromatic heterocycles. The summed E-state index contributed by atoms with van der Waals surface area (Å²) >= 11 is 0. The first-order chi connectivity index (χ1) is 15.5. The van der Waals surface area contributed by atoms with Crippen LogP contribution in [0, 0.1) is 0 Å². The summed E-state index contributed by atoms with van der Waals surface area (Å²) in [6.07, 6.45) is 2.60. The first-order valence-corrected chi connectivity index (χ1v) is 11.3. The molecule has 3 rings (SSSR count). The molecule has 1 fully saturated rings. The molecule has 7 heteroatoms. The van der Waals surface area contributed by atoms with Gasteiger partial charge in [-0.3, -0.25) is 9.59 Å². The van der Waals surface area contributed by atoms with Crippen LogP contribution in [0.15, 0.2) is 36.4 Å². The molecule has 0 bridgehead atoms. The fraction of sp³-hybridized carbons (Fsp3) is 0.440. The van der Waals surface area contributed by atoms with Gasteiger partial charge in [0, 0.05) is 30.8 Å². The van der Waals surface area contributed by atoms with Gasteiger partial charge in [-0.15, -0.1) is 0 Å². The average Bonchev–Trinajstić information content (AvgIpc) is 2.78. The second-order valence-corrected chi connectivity index (χ2v) is 7.53. The standard InChI is InChI=1S/C25H32N2O5/c1-4-30-21-15-19(16-22(31-5-2)24(21)32-6-3)25(29)26-20-11-9-10-18(14-20)17-27-13-8-7-12-23(27)28/h9-11,14-16H,4-8,12-13,17H2,1-3H3,(H,26,29). The SMILES string of the molecule is CCOc1cc(C(=O)Nc2cccc(CN3CCCCC3=O)c2)cc(OCC)c1OCC. The number of nitrogens with zero attached hydrogens (tertiary/aromatic N) is 1. The molecule has 0 aliphatic carbocycles. The summed E-state index contributed by atoms with van der Waals surface area (Å²) in [6.45, 7) is 8.30. The smallest absolute Gasteiger partial charge is 0.255 e. The maximum absolute atomic E-state index is 13.0. The number of benzene rings is 2. The largest absolute Gasteiger partial charge is 0.490 e. The summed E-state index contributed by atoms with van der Waals surface area (Å²) in [6, 6.07) is 10.9. The van der Waals surface area contributed by atoms with Crippen molar-refractivity contribution in [3.63, 3.8) is 0 Å². The van der Waals surface area contributed by atoms with Crippen molar-refractivity contribution in [3.8, 4) is 17.2 Å². The zero-order valence-corrected chi connectivity index (χ0v) is 19.1. The lowest BCUT2D eigenvalue weighted by Gasteiger charge is -2.26. The number of hydrogen-bond donors (Lipinski definition) is 1. The van der Waals surface area contributed by atoms with Crippen molar-refractivity contribution in [2.75, 3.05) is 31.7 Å². The number of rotatable bonds is 10. The van der Waals surface area contributed by atoms with Gasteiger partial charge in [0.05, 0.1) is 19.8 Å². The molecule has 1 aliphatic heterocycles. The van der Waals surface area contributed by atoms with E-state index in [4.69, 9.17) is 14.2 Å². The van der Waals surface area contributed by atoms with Crippen LogP contribution in [0.25, 0.3) is 0 Å². The van der Waals surface area contributed by atoms with Crippen molar-refractivity contribution in [3.05, 3.63) is 47.5 Å². The van der Waals surface area contributed by atoms with E-state index in [0.717, 1.165) is 24.9 Å². The van der Waals surface area contributed by atoms with Crippen LogP contribution in [0.5, 0.6) is 17.2 Å². The van der Waals surface area contributed by atoms with Crippen LogP contribution in [0.2, 0.25) is 0 Å². The zero-order valence-electron chi connectivity index (χ0n) is 19.1. The van der Waals surface area contributed by atoms with Crippen LogP contribution in [0.3, 0.4) is 0 Å². The Bertz CT molecular complexity index is 917. The molecule has 2 aromatic rings. The van der Waals surface area contributed by atoms with Gasteiger partial charge >= 0.3 is 0 Å². The van der Waals surface area contributed by atoms with Crippen molar-refractivity contribution in [2.24, 2.45) is 0 Å². The predicted octanol–water partition coefficient (Wildman–Crippen LogP) is 4.65. The number of piperidine rings is 1. The Labute approximate surface area is 189 Å². The Hall–Kier alpha value is -3.22. The number of hydrogen-bond acceptors (Lipinski definition) is 5. The number of ether oxygens (including phenoxy) is 3. The molecule has 2 amide bonds. The van der Waals surface area contributed by atoms with Crippen LogP contribution in [0.1, 0.15) is 56.0 Å². The fourth-order valence-electron chi connectivity index (χ4n) is 3.72. The quantitative estimate of drug-likeness (QED) is 0.582. The van der Waals surface area contributed by atoms with E-state index >= 15 is 0 Å². The summed E-state index contributed by atoms with van der Waals surface area (Å²) in [4.78, 5) is 27.0. The molecule has 0 radical (unpaired) electrons. The predicted molar refractivity (Wildman–Crippen MR) is 124 cm³/mol. The summed E-state index contributed by atoms with van der Waals surface area (Å²) in [5.41, 5.74) is 2.06. The van der Waals surface area contributed by atoms with E-state index in [-0.39, 0.29) is 11.8 Å². The second kappa shape index (κ2) is 11.4. The molecule has 0 unspecified atom stereocenters. The highest BCUT2D eigenvalue weighted by Gasteiger charge is 2.20. The molecule has 2 aromatic carbocycles. The number of likely N-dealkylation sites (tertiary alicyclic amines) is 1. The van der Waals surface area contributed by atoms with Gasteiger partial charge in [0.2, 0.25) is 11.7 Å². The minimum absolute atomic E-state index is 0.187. The summed E-state index contributed by atoms with van der Waals surface area (Å²) in [5, 5.41) is 2.94. The number of amides is 2. The van der Waals surface area contributed by atoms with E-state index in [1.807, 2.05) is 49.9 Å². The van der Waals surface area contributed by atoms with Crippen molar-refractivity contribution >= 4 is 17.5 Å². The Kier molecular flexibility index (Phi) is 8.36. The molecule has 0 saturated carbocycles. The van der Waals surface area contributed by atoms with E-state index in [1.54, 1.807) is 12.1 Å². The number of nitrogens with one attached hydrogen (secondary N) is 1. The van der Waals surface area contributed by atoms with Crippen molar-refractivity contribution in [1.82, 2.24) is 4.90 Å². The van der Waals surface area contributed by atoms with Gasteiger partial charge in [-0.2, -0.15) is 0 Å². The Morgan fingerprint density at radius 3 is 2.28 bits per heavy atom. The van der Waals surface area contributed by atoms with Gasteiger partial charge < -0.3 is 24.4 Å². The van der Waals surface area contributed by atoms with E-state index in [9.17, 15) is 9.59 Å². The van der Waals surface area contributed by atoms with Gasteiger partial charge in [-0.1, -0.05) is 12.1 Å². The normalized spacial score (nSPS) is 13.6. The minimum Gasteiger partial charge on any atom is -0.490 e. The van der Waals surface area contributed by atoms with Gasteiger partial charge in [-0.25, -0.2) is 0 Å². The zero-order chi connectivity index (χ0) is 22.9. The third kappa shape index (κ3) is 5.93. The molecule has 32 heavy (non-hydrogen) atoms. The Morgan fingerprint density at radius 2 is 1.66 bits per heavy atom. The third-order valence-electron chi connectivity index (χ3n) is 5.15. The van der Waals surface area contributed by atoms with Gasteiger partial charge in [0.15, 0.2) is 11.5 Å². The molecular weight excluding hydrogens is 408 g/mol. The van der Waals surface area contributed by atoms with Gasteiger partial charge in [0.1, 0.15) is 0 Å². The van der Waals surface area contributed by atoms with Crippen LogP contribution in [0.4, 0.5) is 5.69 Å². The molecule has 1 saturated heterocycles. The van der Waals surface area contributed by atoms with Gasteiger partial charge in [0.25, 0.3) is 5.91 Å². The van der Waals surface area contributed by atoms with E-state index in [2.05, 4.69) is 5.32 Å². The molecule has 0 spiro atoms. The maximum Gasteiger partial charge on any atom is 0.255 e. The summed E-state index contributed by atoms with van der Waals surface area (Å²) < 4.78 is 17.1. The fourth-order valence-corrected chi connectivity index (χ4v) is 3.72. The lowest BCUT2D eigenvalue weighted by Crippen LogP contribution is -2.34. The third-order valence-corrected chi connectivity index (χ3v) is 5.15. The van der Waals surface area contributed by atoms with Crippen molar-refractivity contribution in [2.45, 2.75) is 46.6 Å². The van der Waals surface area contributed by atoms with Crippen molar-refractivity contribution < 1.29 is 23.8 Å². The van der Waals surface area contributed by atoms with E-state index in [1.165, 1.54) is 0 Å². The topological polar surface area (TPSA) is 77.1 Å². The van der Waals surface area contributed by atoms with Crippen LogP contribution in [-0.4, -0.2) is 43.1 Å². The van der Waals surface area contributed by atoms with E-state index in [0.29, 0.717) is 61.3 Å². The summed E-state index contributed by atoms with van der Waals surface area (Å²) in [5.74, 6) is 1.36. The van der Waals surface area contributed by atoms with Crippen molar-refractivity contribution in [1.29, 1.82) is 0 Å². The molecule has 7 nitrogen and oxygen atoms in total. The summed E-state index contributed by atoms with van der Waals surface area (Å²) in [7, 11) is 0. The maximum atomic E-state index is 13.0. The van der Waals surface area contributed by atoms with Crippen LogP contribution in [-0.2, 0) is 11.3 Å². The molecule has 1 heterocycles. The Morgan fingerprint density at radius 1 is 0.969 bits per heavy atom. The monoisotopic (exact) mass is 440 g/mol. The molecular formula is C25H32N2O5. The molecule has 0 atom stereocenters. The minimum atomic E-state index is -0.277. The molecule has 172 valence electrons. The number of anilines is 1. The molecule has 1 N–H and O–H groups in total. The molecule has 1 aliphatic rings. The average molecular weight is 441 g/mol.